The van der Waals surface area contributed by atoms with Gasteiger partial charge in [-0.25, -0.2) is 0 Å². The van der Waals surface area contributed by atoms with Crippen LogP contribution in [0.5, 0.6) is 0 Å². The first-order valence-corrected chi connectivity index (χ1v) is 6.25. The molecule has 5 nitrogen and oxygen atoms in total. The summed E-state index contributed by atoms with van der Waals surface area (Å²) in [6.45, 7) is 2.52. The van der Waals surface area contributed by atoms with Gasteiger partial charge in [-0.3, -0.25) is 9.59 Å². The molecule has 0 spiro atoms. The maximum absolute atomic E-state index is 12.1. The molecule has 1 heterocycles. The number of unbranched alkanes of at least 4 members (excludes halogenated alkanes) is 1. The van der Waals surface area contributed by atoms with Crippen LogP contribution in [0.1, 0.15) is 30.3 Å². The topological polar surface area (TPSA) is 79.2 Å². The van der Waals surface area contributed by atoms with E-state index >= 15 is 0 Å². The first-order valence-electron chi connectivity index (χ1n) is 5.46. The van der Waals surface area contributed by atoms with Crippen molar-refractivity contribution in [3.8, 4) is 0 Å². The van der Waals surface area contributed by atoms with Crippen molar-refractivity contribution in [3.05, 3.63) is 22.4 Å². The van der Waals surface area contributed by atoms with Crippen LogP contribution >= 0.6 is 15.9 Å². The number of nitrogens with one attached hydrogen (secondary N) is 1. The van der Waals surface area contributed by atoms with E-state index in [-0.39, 0.29) is 12.5 Å². The van der Waals surface area contributed by atoms with Gasteiger partial charge in [-0.2, -0.15) is 0 Å². The molecule has 0 aliphatic heterocycles. The molecule has 0 aromatic carbocycles. The van der Waals surface area contributed by atoms with Gasteiger partial charge in [0.2, 0.25) is 5.91 Å². The first kappa shape index (κ1) is 13.8. The Balaban J connectivity index is 2.74. The quantitative estimate of drug-likeness (QED) is 0.835. The summed E-state index contributed by atoms with van der Waals surface area (Å²) >= 11 is 3.26. The van der Waals surface area contributed by atoms with Gasteiger partial charge in [-0.15, -0.1) is 0 Å². The fourth-order valence-electron chi connectivity index (χ4n) is 1.45. The van der Waals surface area contributed by atoms with Crippen LogP contribution in [0.4, 0.5) is 0 Å². The van der Waals surface area contributed by atoms with Crippen LogP contribution in [0.25, 0.3) is 0 Å². The Morgan fingerprint density at radius 3 is 2.71 bits per heavy atom. The van der Waals surface area contributed by atoms with Crippen molar-refractivity contribution in [2.45, 2.75) is 19.8 Å². The van der Waals surface area contributed by atoms with Crippen molar-refractivity contribution in [1.29, 1.82) is 0 Å². The molecule has 3 N–H and O–H groups in total. The molecule has 1 rings (SSSR count). The number of halogens is 1. The van der Waals surface area contributed by atoms with E-state index in [9.17, 15) is 9.59 Å². The molecule has 0 unspecified atom stereocenters. The van der Waals surface area contributed by atoms with Crippen molar-refractivity contribution in [2.24, 2.45) is 5.73 Å². The van der Waals surface area contributed by atoms with Gasteiger partial charge in [0.05, 0.1) is 6.54 Å². The van der Waals surface area contributed by atoms with Gasteiger partial charge in [0.25, 0.3) is 5.91 Å². The predicted molar refractivity (Wildman–Crippen MR) is 68.5 cm³/mol. The predicted octanol–water partition coefficient (Wildman–Crippen LogP) is 1.50. The summed E-state index contributed by atoms with van der Waals surface area (Å²) in [4.78, 5) is 27.3. The second-order valence-corrected chi connectivity index (χ2v) is 4.69. The second-order valence-electron chi connectivity index (χ2n) is 3.78. The molecule has 17 heavy (non-hydrogen) atoms. The SMILES string of the molecule is CCCCN(CC(N)=O)C(=O)c1cc(Br)c[nH]1. The highest BCUT2D eigenvalue weighted by molar-refractivity contribution is 9.10. The molecule has 0 atom stereocenters. The molecule has 0 fully saturated rings. The van der Waals surface area contributed by atoms with Crippen LogP contribution in [0, 0.1) is 0 Å². The molecule has 6 heteroatoms. The smallest absolute Gasteiger partial charge is 0.270 e. The van der Waals surface area contributed by atoms with Gasteiger partial charge in [0.1, 0.15) is 5.69 Å². The fraction of sp³-hybridized carbons (Fsp3) is 0.455. The summed E-state index contributed by atoms with van der Waals surface area (Å²) in [6.07, 6.45) is 3.48. The van der Waals surface area contributed by atoms with Crippen LogP contribution in [0.2, 0.25) is 0 Å². The summed E-state index contributed by atoms with van der Waals surface area (Å²) in [5.74, 6) is -0.706. The Morgan fingerprint density at radius 1 is 1.53 bits per heavy atom. The Kier molecular flexibility index (Phi) is 5.21. The third-order valence-corrected chi connectivity index (χ3v) is 2.75. The lowest BCUT2D eigenvalue weighted by Gasteiger charge is -2.20. The standard InChI is InChI=1S/C11H16BrN3O2/c1-2-3-4-15(7-10(13)16)11(17)9-5-8(12)6-14-9/h5-6,14H,2-4,7H2,1H3,(H2,13,16). The number of carbonyl (C=O) groups excluding carboxylic acids is 2. The number of nitrogens with two attached hydrogens (primary N) is 1. The number of H-pyrrole nitrogens is 1. The second kappa shape index (κ2) is 6.44. The number of aromatic nitrogens is 1. The third-order valence-electron chi connectivity index (χ3n) is 2.29. The average molecular weight is 302 g/mol. The molecular formula is C11H16BrN3O2. The normalized spacial score (nSPS) is 10.2. The summed E-state index contributed by atoms with van der Waals surface area (Å²) in [6, 6.07) is 1.68. The lowest BCUT2D eigenvalue weighted by atomic mass is 10.3. The molecule has 0 saturated carbocycles. The zero-order valence-electron chi connectivity index (χ0n) is 9.70. The number of carbonyl (C=O) groups is 2. The van der Waals surface area contributed by atoms with Gasteiger partial charge >= 0.3 is 0 Å². The Hall–Kier alpha value is -1.30. The van der Waals surface area contributed by atoms with Gasteiger partial charge < -0.3 is 15.6 Å². The molecule has 0 radical (unpaired) electrons. The number of rotatable bonds is 6. The summed E-state index contributed by atoms with van der Waals surface area (Å²) in [7, 11) is 0. The van der Waals surface area contributed by atoms with Gasteiger partial charge in [-0.05, 0) is 28.4 Å². The zero-order chi connectivity index (χ0) is 12.8. The van der Waals surface area contributed by atoms with Crippen LogP contribution in [-0.2, 0) is 4.79 Å². The number of amides is 2. The third kappa shape index (κ3) is 4.22. The highest BCUT2D eigenvalue weighted by Crippen LogP contribution is 2.12. The summed E-state index contributed by atoms with van der Waals surface area (Å²) in [5.41, 5.74) is 5.59. The van der Waals surface area contributed by atoms with E-state index in [4.69, 9.17) is 5.73 Å². The van der Waals surface area contributed by atoms with E-state index < -0.39 is 5.91 Å². The number of primary amides is 1. The Bertz CT molecular complexity index is 403. The van der Waals surface area contributed by atoms with Crippen LogP contribution in [0.15, 0.2) is 16.7 Å². The molecule has 0 aliphatic carbocycles. The van der Waals surface area contributed by atoms with E-state index in [2.05, 4.69) is 20.9 Å². The van der Waals surface area contributed by atoms with E-state index in [1.807, 2.05) is 6.92 Å². The van der Waals surface area contributed by atoms with Crippen molar-refractivity contribution in [2.75, 3.05) is 13.1 Å². The van der Waals surface area contributed by atoms with Gasteiger partial charge in [0.15, 0.2) is 0 Å². The van der Waals surface area contributed by atoms with Crippen LogP contribution in [-0.4, -0.2) is 34.8 Å². The summed E-state index contributed by atoms with van der Waals surface area (Å²) < 4.78 is 0.801. The monoisotopic (exact) mass is 301 g/mol. The van der Waals surface area contributed by atoms with Gasteiger partial charge in [-0.1, -0.05) is 13.3 Å². The maximum atomic E-state index is 12.1. The summed E-state index contributed by atoms with van der Waals surface area (Å²) in [5, 5.41) is 0. The van der Waals surface area contributed by atoms with E-state index in [0.29, 0.717) is 12.2 Å². The molecule has 2 amide bonds. The number of nitrogens with zero attached hydrogens (tertiary/aromatic N) is 1. The van der Waals surface area contributed by atoms with E-state index in [1.54, 1.807) is 12.3 Å². The number of aromatic amines is 1. The van der Waals surface area contributed by atoms with Crippen LogP contribution < -0.4 is 5.73 Å². The Morgan fingerprint density at radius 2 is 2.24 bits per heavy atom. The fourth-order valence-corrected chi connectivity index (χ4v) is 1.79. The zero-order valence-corrected chi connectivity index (χ0v) is 11.3. The highest BCUT2D eigenvalue weighted by Gasteiger charge is 2.18. The van der Waals surface area contributed by atoms with Crippen LogP contribution in [0.3, 0.4) is 0 Å². The Labute approximate surface area is 108 Å². The van der Waals surface area contributed by atoms with Crippen molar-refractivity contribution < 1.29 is 9.59 Å². The molecule has 0 saturated heterocycles. The van der Waals surface area contributed by atoms with Crippen molar-refractivity contribution in [1.82, 2.24) is 9.88 Å². The molecule has 0 aliphatic rings. The largest absolute Gasteiger partial charge is 0.368 e. The molecule has 94 valence electrons. The lowest BCUT2D eigenvalue weighted by Crippen LogP contribution is -2.39. The molecule has 0 bridgehead atoms. The average Bonchev–Trinajstić information content (AvgIpc) is 2.69. The number of hydrogen-bond donors (Lipinski definition) is 2. The van der Waals surface area contributed by atoms with Crippen molar-refractivity contribution >= 4 is 27.7 Å². The van der Waals surface area contributed by atoms with Gasteiger partial charge in [0, 0.05) is 17.2 Å². The first-order chi connectivity index (χ1) is 8.04. The molecule has 1 aromatic heterocycles. The van der Waals surface area contributed by atoms with E-state index in [0.717, 1.165) is 17.3 Å². The minimum absolute atomic E-state index is 0.0462. The maximum Gasteiger partial charge on any atom is 0.270 e. The number of hydrogen-bond acceptors (Lipinski definition) is 2. The lowest BCUT2D eigenvalue weighted by molar-refractivity contribution is -0.118. The minimum atomic E-state index is -0.500. The highest BCUT2D eigenvalue weighted by atomic mass is 79.9. The molecular weight excluding hydrogens is 286 g/mol. The van der Waals surface area contributed by atoms with Crippen molar-refractivity contribution in [3.63, 3.8) is 0 Å². The minimum Gasteiger partial charge on any atom is -0.368 e. The molecule has 1 aromatic rings. The van der Waals surface area contributed by atoms with E-state index in [1.165, 1.54) is 4.90 Å².